The van der Waals surface area contributed by atoms with E-state index in [2.05, 4.69) is 50.1 Å². The standard InChI is InChI=1S/C16H28N2/c1-5-10-18-15(6-9-16(2,3)4)13-14-7-11-17-12-8-14/h7-8,11-12,15,18H,5-6,9-10,13H2,1-4H3. The fourth-order valence-corrected chi connectivity index (χ4v) is 2.04. The molecule has 18 heavy (non-hydrogen) atoms. The van der Waals surface area contributed by atoms with Crippen LogP contribution in [0.1, 0.15) is 52.5 Å². The number of nitrogens with one attached hydrogen (secondary N) is 1. The maximum Gasteiger partial charge on any atom is 0.0270 e. The zero-order valence-electron chi connectivity index (χ0n) is 12.4. The molecule has 0 fully saturated rings. The Bertz CT molecular complexity index is 314. The topological polar surface area (TPSA) is 24.9 Å². The van der Waals surface area contributed by atoms with Gasteiger partial charge in [-0.2, -0.15) is 0 Å². The molecule has 0 amide bonds. The molecule has 1 rings (SSSR count). The van der Waals surface area contributed by atoms with Gasteiger partial charge in [0.1, 0.15) is 0 Å². The largest absolute Gasteiger partial charge is 0.314 e. The number of hydrogen-bond donors (Lipinski definition) is 1. The van der Waals surface area contributed by atoms with Crippen LogP contribution in [-0.2, 0) is 6.42 Å². The smallest absolute Gasteiger partial charge is 0.0270 e. The molecule has 2 nitrogen and oxygen atoms in total. The molecule has 0 aliphatic carbocycles. The summed E-state index contributed by atoms with van der Waals surface area (Å²) in [5.41, 5.74) is 1.80. The zero-order valence-corrected chi connectivity index (χ0v) is 12.4. The van der Waals surface area contributed by atoms with Gasteiger partial charge in [-0.3, -0.25) is 4.98 Å². The Balaban J connectivity index is 2.50. The monoisotopic (exact) mass is 248 g/mol. The van der Waals surface area contributed by atoms with E-state index in [1.165, 1.54) is 24.8 Å². The molecule has 0 aliphatic rings. The Hall–Kier alpha value is -0.890. The van der Waals surface area contributed by atoms with E-state index in [1.807, 2.05) is 12.4 Å². The van der Waals surface area contributed by atoms with Gasteiger partial charge in [0.25, 0.3) is 0 Å². The first-order chi connectivity index (χ1) is 8.51. The van der Waals surface area contributed by atoms with E-state index in [9.17, 15) is 0 Å². The first kappa shape index (κ1) is 15.2. The second-order valence-corrected chi connectivity index (χ2v) is 6.31. The van der Waals surface area contributed by atoms with Gasteiger partial charge in [-0.05, 0) is 55.3 Å². The molecule has 1 aromatic heterocycles. The zero-order chi connectivity index (χ0) is 13.4. The van der Waals surface area contributed by atoms with Crippen molar-refractivity contribution in [2.24, 2.45) is 5.41 Å². The molecule has 1 aromatic rings. The molecule has 0 radical (unpaired) electrons. The van der Waals surface area contributed by atoms with Gasteiger partial charge in [0.2, 0.25) is 0 Å². The molecular weight excluding hydrogens is 220 g/mol. The van der Waals surface area contributed by atoms with Gasteiger partial charge in [0, 0.05) is 18.4 Å². The quantitative estimate of drug-likeness (QED) is 0.793. The van der Waals surface area contributed by atoms with Crippen LogP contribution in [0, 0.1) is 5.41 Å². The Labute approximate surface area is 112 Å². The van der Waals surface area contributed by atoms with E-state index in [1.54, 1.807) is 0 Å². The molecule has 102 valence electrons. The lowest BCUT2D eigenvalue weighted by atomic mass is 9.87. The molecule has 0 bridgehead atoms. The minimum Gasteiger partial charge on any atom is -0.314 e. The molecule has 0 aromatic carbocycles. The second kappa shape index (κ2) is 7.52. The van der Waals surface area contributed by atoms with E-state index >= 15 is 0 Å². The maximum absolute atomic E-state index is 4.08. The fourth-order valence-electron chi connectivity index (χ4n) is 2.04. The predicted octanol–water partition coefficient (Wildman–Crippen LogP) is 3.82. The van der Waals surface area contributed by atoms with Crippen molar-refractivity contribution in [2.75, 3.05) is 6.54 Å². The molecule has 1 atom stereocenters. The molecule has 0 spiro atoms. The SMILES string of the molecule is CCCNC(CCC(C)(C)C)Cc1ccncc1. The lowest BCUT2D eigenvalue weighted by molar-refractivity contribution is 0.328. The van der Waals surface area contributed by atoms with Gasteiger partial charge in [0.05, 0.1) is 0 Å². The number of rotatable bonds is 7. The van der Waals surface area contributed by atoms with E-state index in [0.717, 1.165) is 13.0 Å². The van der Waals surface area contributed by atoms with E-state index in [0.29, 0.717) is 11.5 Å². The highest BCUT2D eigenvalue weighted by Crippen LogP contribution is 2.22. The summed E-state index contributed by atoms with van der Waals surface area (Å²) in [6.45, 7) is 10.3. The van der Waals surface area contributed by atoms with Gasteiger partial charge in [-0.25, -0.2) is 0 Å². The van der Waals surface area contributed by atoms with Crippen LogP contribution in [0.4, 0.5) is 0 Å². The van der Waals surface area contributed by atoms with Crippen LogP contribution in [-0.4, -0.2) is 17.6 Å². The van der Waals surface area contributed by atoms with Gasteiger partial charge in [0.15, 0.2) is 0 Å². The molecule has 0 saturated carbocycles. The third-order valence-electron chi connectivity index (χ3n) is 3.16. The lowest BCUT2D eigenvalue weighted by Crippen LogP contribution is -2.32. The van der Waals surface area contributed by atoms with Crippen LogP contribution in [0.2, 0.25) is 0 Å². The summed E-state index contributed by atoms with van der Waals surface area (Å²) >= 11 is 0. The Morgan fingerprint density at radius 3 is 2.44 bits per heavy atom. The molecule has 1 N–H and O–H groups in total. The summed E-state index contributed by atoms with van der Waals surface area (Å²) in [6, 6.07) is 4.83. The Morgan fingerprint density at radius 1 is 1.22 bits per heavy atom. The van der Waals surface area contributed by atoms with Crippen molar-refractivity contribution in [2.45, 2.75) is 59.4 Å². The average molecular weight is 248 g/mol. The van der Waals surface area contributed by atoms with Crippen molar-refractivity contribution in [3.63, 3.8) is 0 Å². The highest BCUT2D eigenvalue weighted by atomic mass is 14.9. The van der Waals surface area contributed by atoms with Crippen molar-refractivity contribution in [1.29, 1.82) is 0 Å². The summed E-state index contributed by atoms with van der Waals surface area (Å²) in [4.78, 5) is 4.08. The fraction of sp³-hybridized carbons (Fsp3) is 0.688. The number of hydrogen-bond acceptors (Lipinski definition) is 2. The van der Waals surface area contributed by atoms with E-state index in [4.69, 9.17) is 0 Å². The van der Waals surface area contributed by atoms with Crippen LogP contribution >= 0.6 is 0 Å². The molecular formula is C16H28N2. The van der Waals surface area contributed by atoms with Gasteiger partial charge in [-0.1, -0.05) is 27.7 Å². The normalized spacial score (nSPS) is 13.6. The van der Waals surface area contributed by atoms with Crippen LogP contribution in [0.5, 0.6) is 0 Å². The predicted molar refractivity (Wildman–Crippen MR) is 78.7 cm³/mol. The number of nitrogens with zero attached hydrogens (tertiary/aromatic N) is 1. The number of pyridine rings is 1. The Kier molecular flexibility index (Phi) is 6.34. The van der Waals surface area contributed by atoms with Gasteiger partial charge in [-0.15, -0.1) is 0 Å². The van der Waals surface area contributed by atoms with Crippen LogP contribution < -0.4 is 5.32 Å². The summed E-state index contributed by atoms with van der Waals surface area (Å²) in [5, 5.41) is 3.67. The average Bonchev–Trinajstić information content (AvgIpc) is 2.33. The van der Waals surface area contributed by atoms with Crippen LogP contribution in [0.15, 0.2) is 24.5 Å². The van der Waals surface area contributed by atoms with Crippen LogP contribution in [0.3, 0.4) is 0 Å². The minimum absolute atomic E-state index is 0.421. The maximum atomic E-state index is 4.08. The van der Waals surface area contributed by atoms with Crippen molar-refractivity contribution in [3.8, 4) is 0 Å². The Morgan fingerprint density at radius 2 is 1.89 bits per heavy atom. The summed E-state index contributed by atoms with van der Waals surface area (Å²) < 4.78 is 0. The third-order valence-corrected chi connectivity index (χ3v) is 3.16. The third kappa shape index (κ3) is 6.75. The summed E-state index contributed by atoms with van der Waals surface area (Å²) in [6.07, 6.45) is 8.58. The molecule has 1 heterocycles. The van der Waals surface area contributed by atoms with Gasteiger partial charge < -0.3 is 5.32 Å². The first-order valence-corrected chi connectivity index (χ1v) is 7.13. The summed E-state index contributed by atoms with van der Waals surface area (Å²) in [7, 11) is 0. The van der Waals surface area contributed by atoms with Crippen LogP contribution in [0.25, 0.3) is 0 Å². The minimum atomic E-state index is 0.421. The van der Waals surface area contributed by atoms with Crippen molar-refractivity contribution < 1.29 is 0 Å². The molecule has 1 unspecified atom stereocenters. The van der Waals surface area contributed by atoms with Crippen molar-refractivity contribution >= 4 is 0 Å². The van der Waals surface area contributed by atoms with Crippen molar-refractivity contribution in [1.82, 2.24) is 10.3 Å². The molecule has 2 heteroatoms. The van der Waals surface area contributed by atoms with Gasteiger partial charge >= 0.3 is 0 Å². The summed E-state index contributed by atoms with van der Waals surface area (Å²) in [5.74, 6) is 0. The molecule has 0 saturated heterocycles. The first-order valence-electron chi connectivity index (χ1n) is 7.13. The number of aromatic nitrogens is 1. The van der Waals surface area contributed by atoms with E-state index in [-0.39, 0.29) is 0 Å². The lowest BCUT2D eigenvalue weighted by Gasteiger charge is -2.24. The second-order valence-electron chi connectivity index (χ2n) is 6.31. The molecule has 0 aliphatic heterocycles. The highest BCUT2D eigenvalue weighted by molar-refractivity contribution is 5.11. The van der Waals surface area contributed by atoms with Crippen molar-refractivity contribution in [3.05, 3.63) is 30.1 Å². The van der Waals surface area contributed by atoms with E-state index < -0.39 is 0 Å². The highest BCUT2D eigenvalue weighted by Gasteiger charge is 2.15.